The van der Waals surface area contributed by atoms with Gasteiger partial charge in [0, 0.05) is 45.2 Å². The minimum absolute atomic E-state index is 0.132. The van der Waals surface area contributed by atoms with Gasteiger partial charge in [-0.1, -0.05) is 6.42 Å². The number of hydrogen-bond donors (Lipinski definition) is 2. The van der Waals surface area contributed by atoms with Gasteiger partial charge in [-0.3, -0.25) is 4.68 Å². The van der Waals surface area contributed by atoms with E-state index in [2.05, 4.69) is 30.5 Å². The first-order valence-corrected chi connectivity index (χ1v) is 9.14. The summed E-state index contributed by atoms with van der Waals surface area (Å²) in [6.07, 6.45) is 10.0. The van der Waals surface area contributed by atoms with Gasteiger partial charge in [-0.2, -0.15) is 5.10 Å². The van der Waals surface area contributed by atoms with Crippen LogP contribution in [0, 0.1) is 6.92 Å². The van der Waals surface area contributed by atoms with Crippen molar-refractivity contribution in [1.29, 1.82) is 0 Å². The summed E-state index contributed by atoms with van der Waals surface area (Å²) in [6.45, 7) is 5.02. The highest BCUT2D eigenvalue weighted by atomic mass is 16.2. The van der Waals surface area contributed by atoms with Crippen molar-refractivity contribution < 1.29 is 4.79 Å². The molecular formula is C17H27N7O. The Labute approximate surface area is 148 Å². The van der Waals surface area contributed by atoms with E-state index in [1.54, 1.807) is 0 Å². The average Bonchev–Trinajstić information content (AvgIpc) is 3.10. The van der Waals surface area contributed by atoms with Crippen molar-refractivity contribution in [3.8, 4) is 0 Å². The number of hydrogen-bond acceptors (Lipinski definition) is 4. The second-order valence-corrected chi connectivity index (χ2v) is 6.56. The van der Waals surface area contributed by atoms with Gasteiger partial charge in [0.1, 0.15) is 11.6 Å². The van der Waals surface area contributed by atoms with Gasteiger partial charge in [-0.05, 0) is 31.7 Å². The third-order valence-corrected chi connectivity index (χ3v) is 4.43. The molecule has 0 fully saturated rings. The molecule has 2 aromatic heterocycles. The summed E-state index contributed by atoms with van der Waals surface area (Å²) in [7, 11) is 0. The molecule has 0 atom stereocenters. The second kappa shape index (κ2) is 8.64. The predicted molar refractivity (Wildman–Crippen MR) is 94.3 cm³/mol. The van der Waals surface area contributed by atoms with Crippen molar-refractivity contribution in [2.24, 2.45) is 0 Å². The highest BCUT2D eigenvalue weighted by Crippen LogP contribution is 2.14. The zero-order chi connectivity index (χ0) is 17.5. The number of urea groups is 1. The van der Waals surface area contributed by atoms with E-state index in [1.165, 1.54) is 19.3 Å². The molecule has 1 aliphatic heterocycles. The zero-order valence-corrected chi connectivity index (χ0v) is 14.9. The highest BCUT2D eigenvalue weighted by molar-refractivity contribution is 5.73. The maximum atomic E-state index is 11.8. The van der Waals surface area contributed by atoms with Crippen LogP contribution in [0.2, 0.25) is 0 Å². The van der Waals surface area contributed by atoms with Crippen LogP contribution in [0.3, 0.4) is 0 Å². The third kappa shape index (κ3) is 5.04. The van der Waals surface area contributed by atoms with Gasteiger partial charge < -0.3 is 15.2 Å². The Morgan fingerprint density at radius 1 is 1.20 bits per heavy atom. The molecule has 136 valence electrons. The van der Waals surface area contributed by atoms with Gasteiger partial charge in [0.25, 0.3) is 0 Å². The molecular weight excluding hydrogens is 318 g/mol. The summed E-state index contributed by atoms with van der Waals surface area (Å²) in [4.78, 5) is 11.8. The number of aryl methyl sites for hydroxylation is 3. The van der Waals surface area contributed by atoms with Crippen LogP contribution < -0.4 is 10.6 Å². The fourth-order valence-electron chi connectivity index (χ4n) is 3.11. The van der Waals surface area contributed by atoms with Gasteiger partial charge in [-0.25, -0.2) is 4.79 Å². The van der Waals surface area contributed by atoms with Crippen molar-refractivity contribution >= 4 is 6.03 Å². The largest absolute Gasteiger partial charge is 0.338 e. The zero-order valence-electron chi connectivity index (χ0n) is 14.9. The van der Waals surface area contributed by atoms with Crippen molar-refractivity contribution in [2.45, 2.75) is 58.5 Å². The van der Waals surface area contributed by atoms with Gasteiger partial charge >= 0.3 is 6.03 Å². The molecule has 25 heavy (non-hydrogen) atoms. The van der Waals surface area contributed by atoms with Crippen molar-refractivity contribution in [2.75, 3.05) is 13.1 Å². The van der Waals surface area contributed by atoms with Crippen molar-refractivity contribution in [3.63, 3.8) is 0 Å². The van der Waals surface area contributed by atoms with Crippen molar-refractivity contribution in [3.05, 3.63) is 29.6 Å². The molecule has 2 amide bonds. The van der Waals surface area contributed by atoms with Gasteiger partial charge in [-0.15, -0.1) is 10.2 Å². The Balaban J connectivity index is 1.32. The summed E-state index contributed by atoms with van der Waals surface area (Å²) in [5, 5.41) is 18.6. The van der Waals surface area contributed by atoms with Crippen LogP contribution in [0.15, 0.2) is 12.4 Å². The first-order valence-electron chi connectivity index (χ1n) is 9.14. The average molecular weight is 345 g/mol. The monoisotopic (exact) mass is 345 g/mol. The minimum atomic E-state index is -0.132. The van der Waals surface area contributed by atoms with Crippen LogP contribution in [0.1, 0.15) is 42.9 Å². The van der Waals surface area contributed by atoms with E-state index in [0.717, 1.165) is 43.1 Å². The molecule has 0 saturated heterocycles. The standard InChI is InChI=1S/C17H27N7O/c1-14-12-20-23(13-14)10-5-8-18-17(25)19-9-7-16-22-21-15-6-3-2-4-11-24(15)16/h12-13H,2-11H2,1H3,(H2,18,19,25). The Bertz CT molecular complexity index is 691. The summed E-state index contributed by atoms with van der Waals surface area (Å²) in [5.41, 5.74) is 1.15. The minimum Gasteiger partial charge on any atom is -0.338 e. The smallest absolute Gasteiger partial charge is 0.314 e. The number of aromatic nitrogens is 5. The SMILES string of the molecule is Cc1cnn(CCCNC(=O)NCCc2nnc3n2CCCCC3)c1. The molecule has 3 heterocycles. The maximum Gasteiger partial charge on any atom is 0.314 e. The fourth-order valence-corrected chi connectivity index (χ4v) is 3.11. The lowest BCUT2D eigenvalue weighted by Crippen LogP contribution is -2.37. The quantitative estimate of drug-likeness (QED) is 0.743. The molecule has 0 aromatic carbocycles. The van der Waals surface area contributed by atoms with Crippen LogP contribution in [0.4, 0.5) is 4.79 Å². The maximum absolute atomic E-state index is 11.8. The van der Waals surface area contributed by atoms with E-state index in [9.17, 15) is 4.79 Å². The third-order valence-electron chi connectivity index (χ3n) is 4.43. The molecule has 1 aliphatic rings. The summed E-state index contributed by atoms with van der Waals surface area (Å²) >= 11 is 0. The van der Waals surface area contributed by atoms with E-state index in [-0.39, 0.29) is 6.03 Å². The Hall–Kier alpha value is -2.38. The molecule has 3 rings (SSSR count). The summed E-state index contributed by atoms with van der Waals surface area (Å²) in [6, 6.07) is -0.132. The second-order valence-electron chi connectivity index (χ2n) is 6.56. The normalized spacial score (nSPS) is 14.0. The summed E-state index contributed by atoms with van der Waals surface area (Å²) < 4.78 is 4.12. The lowest BCUT2D eigenvalue weighted by atomic mass is 10.2. The number of nitrogens with one attached hydrogen (secondary N) is 2. The molecule has 8 heteroatoms. The van der Waals surface area contributed by atoms with Crippen LogP contribution in [-0.2, 0) is 25.9 Å². The highest BCUT2D eigenvalue weighted by Gasteiger charge is 2.14. The molecule has 2 aromatic rings. The fraction of sp³-hybridized carbons (Fsp3) is 0.647. The van der Waals surface area contributed by atoms with E-state index in [1.807, 2.05) is 24.0 Å². The van der Waals surface area contributed by atoms with E-state index in [4.69, 9.17) is 0 Å². The molecule has 0 unspecified atom stereocenters. The topological polar surface area (TPSA) is 89.7 Å². The van der Waals surface area contributed by atoms with E-state index in [0.29, 0.717) is 19.5 Å². The number of carbonyl (C=O) groups is 1. The molecule has 0 radical (unpaired) electrons. The lowest BCUT2D eigenvalue weighted by molar-refractivity contribution is 0.240. The predicted octanol–water partition coefficient (Wildman–Crippen LogP) is 1.44. The van der Waals surface area contributed by atoms with Crippen LogP contribution in [0.5, 0.6) is 0 Å². The van der Waals surface area contributed by atoms with Crippen molar-refractivity contribution in [1.82, 2.24) is 35.2 Å². The number of nitrogens with zero attached hydrogens (tertiary/aromatic N) is 5. The number of rotatable bonds is 7. The van der Waals surface area contributed by atoms with Crippen LogP contribution >= 0.6 is 0 Å². The molecule has 8 nitrogen and oxygen atoms in total. The molecule has 0 saturated carbocycles. The van der Waals surface area contributed by atoms with E-state index >= 15 is 0 Å². The number of fused-ring (bicyclic) bond motifs is 1. The Morgan fingerprint density at radius 3 is 2.92 bits per heavy atom. The molecule has 2 N–H and O–H groups in total. The van der Waals surface area contributed by atoms with Crippen LogP contribution in [0.25, 0.3) is 0 Å². The van der Waals surface area contributed by atoms with Gasteiger partial charge in [0.2, 0.25) is 0 Å². The Morgan fingerprint density at radius 2 is 2.08 bits per heavy atom. The molecule has 0 spiro atoms. The molecule has 0 bridgehead atoms. The van der Waals surface area contributed by atoms with Crippen LogP contribution in [-0.4, -0.2) is 43.7 Å². The Kier molecular flexibility index (Phi) is 6.03. The first-order chi connectivity index (χ1) is 12.2. The number of amides is 2. The first kappa shape index (κ1) is 17.4. The van der Waals surface area contributed by atoms with Gasteiger partial charge in [0.15, 0.2) is 0 Å². The van der Waals surface area contributed by atoms with E-state index < -0.39 is 0 Å². The summed E-state index contributed by atoms with van der Waals surface area (Å²) in [5.74, 6) is 2.07. The lowest BCUT2D eigenvalue weighted by Gasteiger charge is -2.09. The molecule has 0 aliphatic carbocycles. The van der Waals surface area contributed by atoms with Gasteiger partial charge in [0.05, 0.1) is 6.20 Å². The number of carbonyl (C=O) groups excluding carboxylic acids is 1.